The Hall–Kier alpha value is -2.53. The van der Waals surface area contributed by atoms with E-state index in [0.717, 1.165) is 17.7 Å². The maximum atomic E-state index is 10.2. The second-order valence-electron chi connectivity index (χ2n) is 7.26. The van der Waals surface area contributed by atoms with Gasteiger partial charge in [-0.2, -0.15) is 15.8 Å². The number of hydrogen-bond acceptors (Lipinski definition) is 7. The molecule has 1 N–H and O–H groups in total. The molecule has 3 fully saturated rings. The van der Waals surface area contributed by atoms with Crippen molar-refractivity contribution in [2.24, 2.45) is 16.7 Å². The Kier molecular flexibility index (Phi) is 3.96. The van der Waals surface area contributed by atoms with Crippen LogP contribution >= 0.6 is 11.8 Å². The molecule has 2 aliphatic heterocycles. The molecule has 2 saturated heterocycles. The van der Waals surface area contributed by atoms with Crippen LogP contribution in [0.25, 0.3) is 0 Å². The van der Waals surface area contributed by atoms with Crippen LogP contribution < -0.4 is 0 Å². The number of hydrogen-bond donors (Lipinski definition) is 1. The summed E-state index contributed by atoms with van der Waals surface area (Å²) in [4.78, 5) is 1.05. The summed E-state index contributed by atoms with van der Waals surface area (Å²) in [7, 11) is 0. The average Bonchev–Trinajstić information content (AvgIpc) is 2.92. The predicted molar refractivity (Wildman–Crippen MR) is 97.3 cm³/mol. The Morgan fingerprint density at radius 3 is 2.41 bits per heavy atom. The van der Waals surface area contributed by atoms with Crippen LogP contribution in [0.4, 0.5) is 0 Å². The fraction of sp³-hybridized carbons (Fsp3) is 0.500. The van der Waals surface area contributed by atoms with Gasteiger partial charge in [-0.05, 0) is 36.8 Å². The van der Waals surface area contributed by atoms with Gasteiger partial charge in [-0.25, -0.2) is 0 Å². The number of thioether (sulfide) groups is 1. The number of ether oxygens (including phenoxy) is 2. The number of nitrogens with one attached hydrogen (secondary N) is 1. The van der Waals surface area contributed by atoms with E-state index in [1.54, 1.807) is 11.8 Å². The first-order valence-electron chi connectivity index (χ1n) is 8.87. The number of benzene rings is 1. The van der Waals surface area contributed by atoms with Gasteiger partial charge >= 0.3 is 0 Å². The van der Waals surface area contributed by atoms with Crippen LogP contribution in [0.2, 0.25) is 0 Å². The van der Waals surface area contributed by atoms with E-state index >= 15 is 0 Å². The molecular formula is C20H18N4O2S. The monoisotopic (exact) mass is 378 g/mol. The minimum atomic E-state index is -1.85. The fourth-order valence-corrected chi connectivity index (χ4v) is 5.35. The first kappa shape index (κ1) is 17.9. The summed E-state index contributed by atoms with van der Waals surface area (Å²) in [5.74, 6) is -1.90. The van der Waals surface area contributed by atoms with E-state index in [1.807, 2.05) is 30.5 Å². The molecule has 0 unspecified atom stereocenters. The van der Waals surface area contributed by atoms with Gasteiger partial charge in [-0.3, -0.25) is 5.41 Å². The Labute approximate surface area is 162 Å². The Bertz CT molecular complexity index is 911. The van der Waals surface area contributed by atoms with Crippen molar-refractivity contribution < 1.29 is 9.47 Å². The van der Waals surface area contributed by atoms with Gasteiger partial charge < -0.3 is 9.47 Å². The zero-order valence-electron chi connectivity index (χ0n) is 14.9. The zero-order valence-corrected chi connectivity index (χ0v) is 15.7. The van der Waals surface area contributed by atoms with Gasteiger partial charge in [0.25, 0.3) is 0 Å². The SMILES string of the molecule is CSc1ccc([C@@H]2O[C@@]34CCCC[C@H]3[C@](C#N)(C(=N)O4)C2(C#N)C#N)cc1. The zero-order chi connectivity index (χ0) is 19.3. The quantitative estimate of drug-likeness (QED) is 0.780. The van der Waals surface area contributed by atoms with Gasteiger partial charge in [0.15, 0.2) is 5.41 Å². The second kappa shape index (κ2) is 5.99. The summed E-state index contributed by atoms with van der Waals surface area (Å²) in [5.41, 5.74) is -2.82. The molecule has 1 aromatic carbocycles. The van der Waals surface area contributed by atoms with Crippen LogP contribution in [0.15, 0.2) is 29.2 Å². The van der Waals surface area contributed by atoms with Crippen LogP contribution in [-0.2, 0) is 9.47 Å². The normalized spacial score (nSPS) is 35.9. The smallest absolute Gasteiger partial charge is 0.217 e. The minimum Gasteiger partial charge on any atom is -0.447 e. The van der Waals surface area contributed by atoms with Gasteiger partial charge in [0.2, 0.25) is 17.1 Å². The molecule has 3 aliphatic rings. The Morgan fingerprint density at radius 1 is 1.11 bits per heavy atom. The van der Waals surface area contributed by atoms with Crippen LogP contribution in [0.1, 0.15) is 37.4 Å². The van der Waals surface area contributed by atoms with Crippen molar-refractivity contribution >= 4 is 17.7 Å². The summed E-state index contributed by atoms with van der Waals surface area (Å²) in [6.07, 6.45) is 3.87. The standard InChI is InChI=1S/C20H18N4O2S/c1-27-14-7-5-13(6-8-14)16-18(10-21,11-22)19(12-23)15-4-2-3-9-20(15,25-16)26-17(19)24/h5-8,15-16,24H,2-4,9H2,1H3/t15-,16-,19+,20+/m0/s1. The predicted octanol–water partition coefficient (Wildman–Crippen LogP) is 3.92. The molecule has 27 heavy (non-hydrogen) atoms. The van der Waals surface area contributed by atoms with E-state index in [9.17, 15) is 15.8 Å². The largest absolute Gasteiger partial charge is 0.447 e. The third-order valence-corrected chi connectivity index (χ3v) is 6.98. The van der Waals surface area contributed by atoms with Crippen molar-refractivity contribution in [2.45, 2.75) is 42.5 Å². The lowest BCUT2D eigenvalue weighted by molar-refractivity contribution is -0.294. The Morgan fingerprint density at radius 2 is 1.81 bits per heavy atom. The molecular weight excluding hydrogens is 360 g/mol. The summed E-state index contributed by atoms with van der Waals surface area (Å²) in [6, 6.07) is 13.8. The van der Waals surface area contributed by atoms with Crippen molar-refractivity contribution in [3.8, 4) is 18.2 Å². The lowest BCUT2D eigenvalue weighted by atomic mass is 9.51. The van der Waals surface area contributed by atoms with Crippen molar-refractivity contribution in [1.29, 1.82) is 21.2 Å². The molecule has 2 bridgehead atoms. The third-order valence-electron chi connectivity index (χ3n) is 6.23. The van der Waals surface area contributed by atoms with Gasteiger partial charge in [0.05, 0.1) is 24.1 Å². The molecule has 4 rings (SSSR count). The molecule has 4 atom stereocenters. The lowest BCUT2D eigenvalue weighted by Crippen LogP contribution is -2.60. The number of rotatable bonds is 2. The van der Waals surface area contributed by atoms with E-state index < -0.39 is 28.6 Å². The highest BCUT2D eigenvalue weighted by Gasteiger charge is 2.80. The summed E-state index contributed by atoms with van der Waals surface area (Å²) in [6.45, 7) is 0. The molecule has 1 saturated carbocycles. The molecule has 0 spiro atoms. The molecule has 7 heteroatoms. The van der Waals surface area contributed by atoms with Gasteiger partial charge in [-0.1, -0.05) is 18.6 Å². The minimum absolute atomic E-state index is 0.303. The first-order chi connectivity index (χ1) is 13.0. The molecule has 1 aromatic rings. The summed E-state index contributed by atoms with van der Waals surface area (Å²) >= 11 is 1.59. The van der Waals surface area contributed by atoms with Crippen LogP contribution in [-0.4, -0.2) is 17.9 Å². The third kappa shape index (κ3) is 2.00. The van der Waals surface area contributed by atoms with Crippen molar-refractivity contribution in [2.75, 3.05) is 6.26 Å². The van der Waals surface area contributed by atoms with E-state index in [-0.39, 0.29) is 5.90 Å². The van der Waals surface area contributed by atoms with Gasteiger partial charge in [0.1, 0.15) is 6.10 Å². The maximum absolute atomic E-state index is 10.2. The van der Waals surface area contributed by atoms with Gasteiger partial charge in [-0.15, -0.1) is 11.8 Å². The van der Waals surface area contributed by atoms with Crippen LogP contribution in [0.5, 0.6) is 0 Å². The van der Waals surface area contributed by atoms with E-state index in [1.165, 1.54) is 0 Å². The van der Waals surface area contributed by atoms with E-state index in [4.69, 9.17) is 14.9 Å². The van der Waals surface area contributed by atoms with E-state index in [0.29, 0.717) is 18.4 Å². The van der Waals surface area contributed by atoms with Gasteiger partial charge in [0, 0.05) is 11.3 Å². The molecule has 6 nitrogen and oxygen atoms in total. The lowest BCUT2D eigenvalue weighted by Gasteiger charge is -2.51. The van der Waals surface area contributed by atoms with Crippen molar-refractivity contribution in [1.82, 2.24) is 0 Å². The highest BCUT2D eigenvalue weighted by Crippen LogP contribution is 2.69. The second-order valence-corrected chi connectivity index (χ2v) is 8.14. The Balaban J connectivity index is 1.95. The molecule has 0 radical (unpaired) electrons. The fourth-order valence-electron chi connectivity index (χ4n) is 4.94. The molecule has 1 aliphatic carbocycles. The van der Waals surface area contributed by atoms with Crippen molar-refractivity contribution in [3.05, 3.63) is 29.8 Å². The molecule has 0 aromatic heterocycles. The topological polar surface area (TPSA) is 114 Å². The van der Waals surface area contributed by atoms with Crippen LogP contribution in [0, 0.1) is 56.2 Å². The van der Waals surface area contributed by atoms with Crippen LogP contribution in [0.3, 0.4) is 0 Å². The summed E-state index contributed by atoms with van der Waals surface area (Å²) < 4.78 is 12.2. The maximum Gasteiger partial charge on any atom is 0.217 e. The average molecular weight is 378 g/mol. The highest BCUT2D eigenvalue weighted by molar-refractivity contribution is 7.98. The number of nitriles is 3. The summed E-state index contributed by atoms with van der Waals surface area (Å²) in [5, 5.41) is 38.9. The molecule has 2 heterocycles. The molecule has 0 amide bonds. The molecule has 136 valence electrons. The number of nitrogens with zero attached hydrogens (tertiary/aromatic N) is 3. The highest BCUT2D eigenvalue weighted by atomic mass is 32.2. The van der Waals surface area contributed by atoms with Crippen molar-refractivity contribution in [3.63, 3.8) is 0 Å². The van der Waals surface area contributed by atoms with E-state index in [2.05, 4.69) is 18.2 Å². The first-order valence-corrected chi connectivity index (χ1v) is 10.1.